The van der Waals surface area contributed by atoms with Gasteiger partial charge in [0.25, 0.3) is 0 Å². The summed E-state index contributed by atoms with van der Waals surface area (Å²) in [6.45, 7) is 2.75. The Hall–Kier alpha value is -5.17. The molecule has 0 saturated heterocycles. The number of fused-ring (bicyclic) bond motifs is 2. The summed E-state index contributed by atoms with van der Waals surface area (Å²) in [6, 6.07) is 27.0. The Balaban J connectivity index is 1.50. The first-order valence-corrected chi connectivity index (χ1v) is 14.2. The summed E-state index contributed by atoms with van der Waals surface area (Å²) in [5.41, 5.74) is 1.86. The molecule has 1 aromatic heterocycles. The maximum absolute atomic E-state index is 11.1. The molecule has 3 N–H and O–H groups in total. The first kappa shape index (κ1) is 27.0. The average Bonchev–Trinajstić information content (AvgIpc) is 3.01. The lowest BCUT2D eigenvalue weighted by Gasteiger charge is -2.13. The van der Waals surface area contributed by atoms with Gasteiger partial charge in [-0.3, -0.25) is 0 Å². The third-order valence-electron chi connectivity index (χ3n) is 7.40. The van der Waals surface area contributed by atoms with Gasteiger partial charge in [-0.1, -0.05) is 74.7 Å². The van der Waals surface area contributed by atoms with E-state index in [9.17, 15) is 15.3 Å². The number of phenols is 3. The molecule has 0 unspecified atom stereocenters. The van der Waals surface area contributed by atoms with Gasteiger partial charge in [-0.15, -0.1) is 0 Å². The monoisotopic (exact) mass is 557 g/mol. The van der Waals surface area contributed by atoms with E-state index in [1.807, 2.05) is 54.6 Å². The minimum atomic E-state index is -0.00436. The van der Waals surface area contributed by atoms with Crippen LogP contribution in [-0.2, 0) is 0 Å². The summed E-state index contributed by atoms with van der Waals surface area (Å²) in [5, 5.41) is 35.0. The molecular weight excluding hydrogens is 526 g/mol. The highest BCUT2D eigenvalue weighted by atomic mass is 16.5. The Morgan fingerprint density at radius 2 is 1.02 bits per heavy atom. The van der Waals surface area contributed by atoms with E-state index in [2.05, 4.69) is 6.92 Å². The zero-order valence-electron chi connectivity index (χ0n) is 23.3. The predicted octanol–water partition coefficient (Wildman–Crippen LogP) is 8.25. The van der Waals surface area contributed by atoms with E-state index in [0.717, 1.165) is 30.0 Å². The highest BCUT2D eigenvalue weighted by Crippen LogP contribution is 2.38. The van der Waals surface area contributed by atoms with E-state index in [-0.39, 0.29) is 23.1 Å². The van der Waals surface area contributed by atoms with Crippen molar-refractivity contribution in [2.45, 2.75) is 32.6 Å². The van der Waals surface area contributed by atoms with E-state index in [4.69, 9.17) is 19.7 Å². The normalized spacial score (nSPS) is 11.3. The second kappa shape index (κ2) is 11.7. The van der Waals surface area contributed by atoms with Crippen LogP contribution in [0.5, 0.6) is 23.0 Å². The Bertz CT molecular complexity index is 1800. The van der Waals surface area contributed by atoms with Crippen LogP contribution in [0.4, 0.5) is 0 Å². The van der Waals surface area contributed by atoms with E-state index in [1.54, 1.807) is 36.4 Å². The van der Waals surface area contributed by atoms with Crippen molar-refractivity contribution in [2.75, 3.05) is 6.61 Å². The first-order chi connectivity index (χ1) is 20.5. The Labute approximate surface area is 243 Å². The molecule has 7 heteroatoms. The largest absolute Gasteiger partial charge is 0.507 e. The molecule has 0 radical (unpaired) electrons. The Morgan fingerprint density at radius 3 is 1.55 bits per heavy atom. The summed E-state index contributed by atoms with van der Waals surface area (Å²) < 4.78 is 5.87. The summed E-state index contributed by atoms with van der Waals surface area (Å²) in [6.07, 6.45) is 4.39. The molecule has 0 bridgehead atoms. The van der Waals surface area contributed by atoms with Gasteiger partial charge in [-0.05, 0) is 53.6 Å². The third-order valence-corrected chi connectivity index (χ3v) is 7.40. The minimum absolute atomic E-state index is 0.00436. The first-order valence-electron chi connectivity index (χ1n) is 14.2. The lowest BCUT2D eigenvalue weighted by molar-refractivity contribution is 0.303. The van der Waals surface area contributed by atoms with Crippen molar-refractivity contribution in [3.05, 3.63) is 91.0 Å². The van der Waals surface area contributed by atoms with Crippen LogP contribution in [0.2, 0.25) is 0 Å². The molecule has 0 aliphatic carbocycles. The zero-order chi connectivity index (χ0) is 29.1. The van der Waals surface area contributed by atoms with E-state index in [0.29, 0.717) is 51.5 Å². The van der Waals surface area contributed by atoms with E-state index in [1.165, 1.54) is 6.42 Å². The fraction of sp³-hybridized carbons (Fsp3) is 0.171. The van der Waals surface area contributed by atoms with Gasteiger partial charge in [0.15, 0.2) is 17.5 Å². The minimum Gasteiger partial charge on any atom is -0.507 e. The van der Waals surface area contributed by atoms with Crippen LogP contribution in [0.3, 0.4) is 0 Å². The number of unbranched alkanes of at least 4 members (excludes halogenated alkanes) is 3. The van der Waals surface area contributed by atoms with E-state index < -0.39 is 0 Å². The highest BCUT2D eigenvalue weighted by molar-refractivity contribution is 6.00. The zero-order valence-corrected chi connectivity index (χ0v) is 23.3. The molecule has 6 aromatic rings. The molecule has 0 amide bonds. The number of hydrogen-bond donors (Lipinski definition) is 3. The summed E-state index contributed by atoms with van der Waals surface area (Å²) in [7, 11) is 0. The van der Waals surface area contributed by atoms with Crippen LogP contribution >= 0.6 is 0 Å². The summed E-state index contributed by atoms with van der Waals surface area (Å²) in [5.74, 6) is 1.97. The lowest BCUT2D eigenvalue weighted by Crippen LogP contribution is -2.02. The fourth-order valence-electron chi connectivity index (χ4n) is 5.20. The topological polar surface area (TPSA) is 109 Å². The molecule has 0 spiro atoms. The summed E-state index contributed by atoms with van der Waals surface area (Å²) in [4.78, 5) is 14.5. The van der Waals surface area contributed by atoms with Crippen LogP contribution in [-0.4, -0.2) is 36.9 Å². The van der Waals surface area contributed by atoms with Crippen LogP contribution in [0.1, 0.15) is 32.6 Å². The average molecular weight is 558 g/mol. The summed E-state index contributed by atoms with van der Waals surface area (Å²) >= 11 is 0. The van der Waals surface area contributed by atoms with Crippen molar-refractivity contribution in [1.29, 1.82) is 0 Å². The maximum Gasteiger partial charge on any atom is 0.167 e. The second-order valence-corrected chi connectivity index (χ2v) is 10.2. The van der Waals surface area contributed by atoms with Crippen molar-refractivity contribution in [3.8, 4) is 57.2 Å². The van der Waals surface area contributed by atoms with Crippen molar-refractivity contribution >= 4 is 21.5 Å². The van der Waals surface area contributed by atoms with Gasteiger partial charge in [-0.25, -0.2) is 15.0 Å². The molecule has 1 heterocycles. The molecular formula is C35H31N3O4. The number of nitrogens with zero attached hydrogens (tertiary/aromatic N) is 3. The number of aromatic hydroxyl groups is 3. The second-order valence-electron chi connectivity index (χ2n) is 10.2. The number of phenolic OH excluding ortho intramolecular Hbond substituents is 3. The number of rotatable bonds is 9. The smallest absolute Gasteiger partial charge is 0.167 e. The molecule has 0 aliphatic rings. The molecule has 0 atom stereocenters. The van der Waals surface area contributed by atoms with Gasteiger partial charge in [0.2, 0.25) is 0 Å². The van der Waals surface area contributed by atoms with Crippen LogP contribution in [0.25, 0.3) is 55.7 Å². The van der Waals surface area contributed by atoms with Crippen molar-refractivity contribution in [2.24, 2.45) is 0 Å². The number of hydrogen-bond acceptors (Lipinski definition) is 7. The predicted molar refractivity (Wildman–Crippen MR) is 166 cm³/mol. The molecule has 0 aliphatic heterocycles. The lowest BCUT2D eigenvalue weighted by atomic mass is 10.0. The number of aromatic nitrogens is 3. The standard InChI is InChI=1S/C35H31N3O4/c1-2-3-4-9-20-42-22-14-15-29(32(41)21-22)35-37-33(27-16-18-30(39)25-12-7-5-10-23(25)27)36-34(38-35)28-17-19-31(40)26-13-8-6-11-24(26)28/h5-8,10-19,21,39-41H,2-4,9,20H2,1H3. The maximum atomic E-state index is 11.1. The molecule has 6 rings (SSSR count). The van der Waals surface area contributed by atoms with Gasteiger partial charge >= 0.3 is 0 Å². The van der Waals surface area contributed by atoms with Crippen LogP contribution in [0, 0.1) is 0 Å². The van der Waals surface area contributed by atoms with Crippen molar-refractivity contribution in [1.82, 2.24) is 15.0 Å². The van der Waals surface area contributed by atoms with Gasteiger partial charge in [-0.2, -0.15) is 0 Å². The molecule has 7 nitrogen and oxygen atoms in total. The molecule has 5 aromatic carbocycles. The quantitative estimate of drug-likeness (QED) is 0.154. The van der Waals surface area contributed by atoms with Gasteiger partial charge in [0.05, 0.1) is 12.2 Å². The number of ether oxygens (including phenoxy) is 1. The van der Waals surface area contributed by atoms with Crippen molar-refractivity contribution in [3.63, 3.8) is 0 Å². The third kappa shape index (κ3) is 5.29. The van der Waals surface area contributed by atoms with Crippen LogP contribution in [0.15, 0.2) is 91.0 Å². The number of benzene rings is 5. The molecule has 42 heavy (non-hydrogen) atoms. The van der Waals surface area contributed by atoms with Gasteiger partial charge < -0.3 is 20.1 Å². The van der Waals surface area contributed by atoms with Crippen LogP contribution < -0.4 is 4.74 Å². The SMILES string of the molecule is CCCCCCOc1ccc(-c2nc(-c3ccc(O)c4ccccc34)nc(-c3ccc(O)c4ccccc34)n2)c(O)c1. The molecule has 210 valence electrons. The Kier molecular flexibility index (Phi) is 7.56. The Morgan fingerprint density at radius 1 is 0.524 bits per heavy atom. The fourth-order valence-corrected chi connectivity index (χ4v) is 5.20. The van der Waals surface area contributed by atoms with E-state index >= 15 is 0 Å². The van der Waals surface area contributed by atoms with Crippen molar-refractivity contribution < 1.29 is 20.1 Å². The molecule has 0 saturated carbocycles. The highest BCUT2D eigenvalue weighted by Gasteiger charge is 2.19. The van der Waals surface area contributed by atoms with Gasteiger partial charge in [0.1, 0.15) is 23.0 Å². The van der Waals surface area contributed by atoms with Gasteiger partial charge in [0, 0.05) is 28.0 Å². The molecule has 0 fully saturated rings.